The number of hydrogen-bond donors (Lipinski definition) is 2. The molecule has 2 aromatic carbocycles. The van der Waals surface area contributed by atoms with Crippen molar-refractivity contribution in [3.8, 4) is 11.4 Å². The molecule has 2 aromatic heterocycles. The van der Waals surface area contributed by atoms with Gasteiger partial charge in [0.05, 0.1) is 19.4 Å². The molecule has 2 heterocycles. The Morgan fingerprint density at radius 3 is 2.64 bits per heavy atom. The molecule has 13 heteroatoms. The Kier molecular flexibility index (Phi) is 8.92. The van der Waals surface area contributed by atoms with Crippen LogP contribution in [0.1, 0.15) is 23.1 Å². The summed E-state index contributed by atoms with van der Waals surface area (Å²) in [5.74, 6) is 1.64. The number of thioether (sulfide) groups is 2. The average Bonchev–Trinajstić information content (AvgIpc) is 3.53. The number of rotatable bonds is 11. The van der Waals surface area contributed by atoms with Crippen LogP contribution in [0.3, 0.4) is 0 Å². The van der Waals surface area contributed by atoms with E-state index in [-0.39, 0.29) is 24.1 Å². The van der Waals surface area contributed by atoms with E-state index in [4.69, 9.17) is 4.74 Å². The van der Waals surface area contributed by atoms with Crippen LogP contribution in [0.25, 0.3) is 5.69 Å². The van der Waals surface area contributed by atoms with Crippen LogP contribution in [0.15, 0.2) is 64.1 Å². The fraction of sp³-hybridized carbons (Fsp3) is 0.217. The molecule has 186 valence electrons. The summed E-state index contributed by atoms with van der Waals surface area (Å²) in [5.41, 5.74) is 1.30. The summed E-state index contributed by atoms with van der Waals surface area (Å²) in [6, 6.07) is 16.4. The van der Waals surface area contributed by atoms with Crippen LogP contribution in [-0.2, 0) is 11.3 Å². The van der Waals surface area contributed by atoms with Gasteiger partial charge in [-0.15, -0.1) is 20.4 Å². The zero-order chi connectivity index (χ0) is 25.3. The number of benzene rings is 2. The molecule has 0 atom stereocenters. The van der Waals surface area contributed by atoms with Crippen LogP contribution in [0.5, 0.6) is 5.75 Å². The van der Waals surface area contributed by atoms with Crippen LogP contribution < -0.4 is 15.4 Å². The summed E-state index contributed by atoms with van der Waals surface area (Å²) in [7, 11) is 1.55. The van der Waals surface area contributed by atoms with Crippen LogP contribution in [0.2, 0.25) is 0 Å². The van der Waals surface area contributed by atoms with Gasteiger partial charge in [-0.3, -0.25) is 19.5 Å². The Labute approximate surface area is 220 Å². The number of amides is 2. The fourth-order valence-electron chi connectivity index (χ4n) is 3.10. The van der Waals surface area contributed by atoms with Crippen molar-refractivity contribution in [1.29, 1.82) is 0 Å². The van der Waals surface area contributed by atoms with Gasteiger partial charge in [0.25, 0.3) is 5.91 Å². The monoisotopic (exact) mass is 541 g/mol. The lowest BCUT2D eigenvalue weighted by Gasteiger charge is -2.11. The Morgan fingerprint density at radius 2 is 1.86 bits per heavy atom. The molecule has 0 saturated heterocycles. The number of aromatic nitrogens is 5. The molecule has 2 N–H and O–H groups in total. The maximum atomic E-state index is 12.7. The van der Waals surface area contributed by atoms with Crippen molar-refractivity contribution in [2.24, 2.45) is 0 Å². The summed E-state index contributed by atoms with van der Waals surface area (Å²) in [5, 5.41) is 23.2. The third-order valence-electron chi connectivity index (χ3n) is 4.71. The third kappa shape index (κ3) is 6.62. The largest absolute Gasteiger partial charge is 0.497 e. The van der Waals surface area contributed by atoms with Crippen molar-refractivity contribution in [3.63, 3.8) is 0 Å². The first-order valence-electron chi connectivity index (χ1n) is 10.9. The molecule has 0 radical (unpaired) electrons. The number of ether oxygens (including phenoxy) is 1. The highest BCUT2D eigenvalue weighted by molar-refractivity contribution is 8.01. The molecule has 2 amide bonds. The minimum atomic E-state index is -0.261. The quantitative estimate of drug-likeness (QED) is 0.215. The van der Waals surface area contributed by atoms with E-state index in [9.17, 15) is 9.59 Å². The third-order valence-corrected chi connectivity index (χ3v) is 7.49. The molecule has 0 bridgehead atoms. The van der Waals surface area contributed by atoms with Crippen LogP contribution >= 0.6 is 34.9 Å². The number of nitrogens with one attached hydrogen (secondary N) is 2. The van der Waals surface area contributed by atoms with Gasteiger partial charge >= 0.3 is 0 Å². The van der Waals surface area contributed by atoms with E-state index in [1.54, 1.807) is 43.1 Å². The Morgan fingerprint density at radius 1 is 1.03 bits per heavy atom. The highest BCUT2D eigenvalue weighted by Gasteiger charge is 2.18. The number of nitrogens with zero attached hydrogens (tertiary/aromatic N) is 5. The van der Waals surface area contributed by atoms with Crippen molar-refractivity contribution in [1.82, 2.24) is 30.3 Å². The van der Waals surface area contributed by atoms with Crippen molar-refractivity contribution in [2.45, 2.75) is 23.0 Å². The summed E-state index contributed by atoms with van der Waals surface area (Å²) in [6.07, 6.45) is 0. The topological polar surface area (TPSA) is 124 Å². The van der Waals surface area contributed by atoms with Gasteiger partial charge in [-0.25, -0.2) is 0 Å². The van der Waals surface area contributed by atoms with E-state index in [0.29, 0.717) is 27.4 Å². The van der Waals surface area contributed by atoms with Crippen LogP contribution in [0, 0.1) is 0 Å². The molecule has 0 aliphatic carbocycles. The van der Waals surface area contributed by atoms with Crippen molar-refractivity contribution >= 4 is 51.8 Å². The molecule has 0 saturated carbocycles. The number of methoxy groups -OCH3 is 1. The molecule has 36 heavy (non-hydrogen) atoms. The SMILES string of the molecule is CCSc1nnc(NC(=O)CSc2nnc(CNC(=O)c3cccc(OC)c3)n2-c2ccccc2)s1. The molecule has 10 nitrogen and oxygen atoms in total. The number of anilines is 1. The van der Waals surface area contributed by atoms with E-state index < -0.39 is 0 Å². The minimum Gasteiger partial charge on any atom is -0.497 e. The Bertz CT molecular complexity index is 1330. The van der Waals surface area contributed by atoms with Crippen LogP contribution in [0.4, 0.5) is 5.13 Å². The van der Waals surface area contributed by atoms with Crippen molar-refractivity contribution < 1.29 is 14.3 Å². The summed E-state index contributed by atoms with van der Waals surface area (Å²) < 4.78 is 7.83. The van der Waals surface area contributed by atoms with Gasteiger partial charge in [-0.2, -0.15) is 0 Å². The predicted octanol–water partition coefficient (Wildman–Crippen LogP) is 3.90. The van der Waals surface area contributed by atoms with E-state index in [2.05, 4.69) is 31.0 Å². The van der Waals surface area contributed by atoms with Gasteiger partial charge in [-0.1, -0.05) is 66.0 Å². The van der Waals surface area contributed by atoms with E-state index in [1.807, 2.05) is 41.8 Å². The second kappa shape index (κ2) is 12.5. The second-order valence-corrected chi connectivity index (χ2v) is 10.6. The van der Waals surface area contributed by atoms with Gasteiger partial charge in [0.2, 0.25) is 11.0 Å². The first-order chi connectivity index (χ1) is 17.6. The molecule has 0 aliphatic rings. The fourth-order valence-corrected chi connectivity index (χ4v) is 5.53. The number of carbonyl (C=O) groups is 2. The molecule has 0 spiro atoms. The highest BCUT2D eigenvalue weighted by atomic mass is 32.2. The lowest BCUT2D eigenvalue weighted by Crippen LogP contribution is -2.24. The number of para-hydroxylation sites is 1. The van der Waals surface area contributed by atoms with Gasteiger partial charge in [-0.05, 0) is 36.1 Å². The van der Waals surface area contributed by atoms with E-state index in [0.717, 1.165) is 15.8 Å². The van der Waals surface area contributed by atoms with Gasteiger partial charge in [0.1, 0.15) is 5.75 Å². The molecule has 0 fully saturated rings. The average molecular weight is 542 g/mol. The maximum Gasteiger partial charge on any atom is 0.251 e. The van der Waals surface area contributed by atoms with Gasteiger partial charge in [0.15, 0.2) is 15.3 Å². The normalized spacial score (nSPS) is 10.7. The zero-order valence-corrected chi connectivity index (χ0v) is 22.0. The summed E-state index contributed by atoms with van der Waals surface area (Å²) >= 11 is 4.15. The Hall–Kier alpha value is -3.42. The molecular weight excluding hydrogens is 519 g/mol. The minimum absolute atomic E-state index is 0.108. The zero-order valence-electron chi connectivity index (χ0n) is 19.5. The molecular formula is C23H23N7O3S3. The molecule has 4 aromatic rings. The Balaban J connectivity index is 1.45. The second-order valence-electron chi connectivity index (χ2n) is 7.13. The van der Waals surface area contributed by atoms with Crippen molar-refractivity contribution in [3.05, 3.63) is 66.0 Å². The highest BCUT2D eigenvalue weighted by Crippen LogP contribution is 2.26. The lowest BCUT2D eigenvalue weighted by atomic mass is 10.2. The summed E-state index contributed by atoms with van der Waals surface area (Å²) in [6.45, 7) is 2.18. The maximum absolute atomic E-state index is 12.7. The van der Waals surface area contributed by atoms with E-state index in [1.165, 1.54) is 23.1 Å². The van der Waals surface area contributed by atoms with Crippen molar-refractivity contribution in [2.75, 3.05) is 23.9 Å². The smallest absolute Gasteiger partial charge is 0.251 e. The van der Waals surface area contributed by atoms with Crippen LogP contribution in [-0.4, -0.2) is 55.4 Å². The molecule has 4 rings (SSSR count). The van der Waals surface area contributed by atoms with Gasteiger partial charge in [0, 0.05) is 11.3 Å². The predicted molar refractivity (Wildman–Crippen MR) is 141 cm³/mol. The van der Waals surface area contributed by atoms with Gasteiger partial charge < -0.3 is 10.1 Å². The molecule has 0 aliphatic heterocycles. The standard InChI is InChI=1S/C23H23N7O3S3/c1-3-34-23-29-27-21(36-23)25-19(31)14-35-22-28-26-18(30(22)16-9-5-4-6-10-16)13-24-20(32)15-8-7-11-17(12-15)33-2/h4-12H,3,13-14H2,1-2H3,(H,24,32)(H,25,27,31). The van der Waals surface area contributed by atoms with E-state index >= 15 is 0 Å². The first-order valence-corrected chi connectivity index (χ1v) is 13.7. The molecule has 0 unspecified atom stereocenters. The number of carbonyl (C=O) groups excluding carboxylic acids is 2. The lowest BCUT2D eigenvalue weighted by molar-refractivity contribution is -0.113. The number of hydrogen-bond acceptors (Lipinski definition) is 10. The first kappa shape index (κ1) is 25.7. The summed E-state index contributed by atoms with van der Waals surface area (Å²) in [4.78, 5) is 25.2.